The van der Waals surface area contributed by atoms with Gasteiger partial charge in [-0.05, 0) is 87.4 Å². The van der Waals surface area contributed by atoms with Gasteiger partial charge >= 0.3 is 11.9 Å². The molecule has 2 aromatic carbocycles. The molecule has 0 amide bonds. The highest BCUT2D eigenvalue weighted by atomic mass is 16.6. The molecule has 0 spiro atoms. The number of carbonyl (C=O) groups excluding carboxylic acids is 2. The molecule has 0 aliphatic rings. The summed E-state index contributed by atoms with van der Waals surface area (Å²) in [6.07, 6.45) is 15.8. The maximum atomic E-state index is 13.3. The van der Waals surface area contributed by atoms with Crippen LogP contribution in [0.25, 0.3) is 0 Å². The summed E-state index contributed by atoms with van der Waals surface area (Å²) in [5, 5.41) is 29.0. The predicted octanol–water partition coefficient (Wildman–Crippen LogP) is 10.4. The molecule has 12 nitrogen and oxygen atoms in total. The number of non-ortho nitro benzene ring substituents is 2. The highest BCUT2D eigenvalue weighted by molar-refractivity contribution is 6.29. The van der Waals surface area contributed by atoms with E-state index in [0.717, 1.165) is 62.5 Å². The Morgan fingerprint density at radius 2 is 0.870 bits per heavy atom. The number of benzene rings is 2. The molecule has 12 heteroatoms. The molecule has 0 saturated heterocycles. The number of nitrogens with one attached hydrogen (secondary N) is 2. The summed E-state index contributed by atoms with van der Waals surface area (Å²) < 4.78 is 11.5. The molecule has 2 rings (SSSR count). The first-order valence-corrected chi connectivity index (χ1v) is 20.5. The van der Waals surface area contributed by atoms with E-state index in [4.69, 9.17) is 9.47 Å². The van der Waals surface area contributed by atoms with E-state index in [1.54, 1.807) is 24.3 Å². The fraction of sp³-hybridized carbons (Fsp3) is 0.667. The number of carbonyl (C=O) groups is 2. The van der Waals surface area contributed by atoms with E-state index in [-0.39, 0.29) is 23.2 Å². The number of hydrogen-bond donors (Lipinski definition) is 2. The van der Waals surface area contributed by atoms with Crippen LogP contribution in [0.4, 0.5) is 11.4 Å². The van der Waals surface area contributed by atoms with Crippen LogP contribution in [0.3, 0.4) is 0 Å². The Hall–Kier alpha value is -3.90. The van der Waals surface area contributed by atoms with Gasteiger partial charge in [-0.3, -0.25) is 30.9 Å². The van der Waals surface area contributed by atoms with Crippen LogP contribution in [0.2, 0.25) is 0 Å². The van der Waals surface area contributed by atoms with Crippen LogP contribution in [-0.4, -0.2) is 47.3 Å². The SMILES string of the molecule is CCCCCCCCNC(CCC(CC)c1ccc([N+](=O)[O-])cc1)OC(=O)C(=O)OC(CCC(CC)c1ccc([N+](=O)[O-])cc1)NCCCCCCCC. The summed E-state index contributed by atoms with van der Waals surface area (Å²) in [5.74, 6) is -1.92. The van der Waals surface area contributed by atoms with Crippen molar-refractivity contribution >= 4 is 23.3 Å². The number of nitro benzene ring substituents is 2. The van der Waals surface area contributed by atoms with Crippen molar-refractivity contribution in [1.82, 2.24) is 10.6 Å². The van der Waals surface area contributed by atoms with Crippen molar-refractivity contribution in [1.29, 1.82) is 0 Å². The van der Waals surface area contributed by atoms with Crippen molar-refractivity contribution < 1.29 is 28.9 Å². The minimum Gasteiger partial charge on any atom is -0.438 e. The number of hydrogen-bond acceptors (Lipinski definition) is 10. The second-order valence-electron chi connectivity index (χ2n) is 14.3. The normalized spacial score (nSPS) is 13.5. The van der Waals surface area contributed by atoms with Gasteiger partial charge in [-0.2, -0.15) is 0 Å². The van der Waals surface area contributed by atoms with E-state index in [1.165, 1.54) is 62.8 Å². The quantitative estimate of drug-likeness (QED) is 0.0196. The molecule has 0 fully saturated rings. The fourth-order valence-electron chi connectivity index (χ4n) is 6.75. The number of nitrogens with zero attached hydrogens (tertiary/aromatic N) is 2. The zero-order valence-corrected chi connectivity index (χ0v) is 33.2. The lowest BCUT2D eigenvalue weighted by molar-refractivity contribution is -0.385. The van der Waals surface area contributed by atoms with Crippen LogP contribution in [0.15, 0.2) is 48.5 Å². The van der Waals surface area contributed by atoms with Crippen molar-refractivity contribution in [2.75, 3.05) is 13.1 Å². The number of esters is 2. The maximum absolute atomic E-state index is 13.3. The third kappa shape index (κ3) is 18.4. The fourth-order valence-corrected chi connectivity index (χ4v) is 6.75. The van der Waals surface area contributed by atoms with Gasteiger partial charge in [-0.15, -0.1) is 0 Å². The van der Waals surface area contributed by atoms with Crippen LogP contribution in [0.5, 0.6) is 0 Å². The second-order valence-corrected chi connectivity index (χ2v) is 14.3. The van der Waals surface area contributed by atoms with Crippen molar-refractivity contribution in [3.63, 3.8) is 0 Å². The predicted molar refractivity (Wildman–Crippen MR) is 213 cm³/mol. The number of rotatable bonds is 30. The molecule has 0 aromatic heterocycles. The van der Waals surface area contributed by atoms with Gasteiger partial charge in [0.2, 0.25) is 0 Å². The molecular weight excluding hydrogens is 688 g/mol. The lowest BCUT2D eigenvalue weighted by Gasteiger charge is -2.24. The van der Waals surface area contributed by atoms with Gasteiger partial charge in [-0.1, -0.05) is 116 Å². The van der Waals surface area contributed by atoms with Crippen LogP contribution in [0.1, 0.15) is 166 Å². The van der Waals surface area contributed by atoms with Crippen LogP contribution in [0, 0.1) is 20.2 Å². The van der Waals surface area contributed by atoms with Crippen LogP contribution < -0.4 is 10.6 Å². The van der Waals surface area contributed by atoms with E-state index in [9.17, 15) is 29.8 Å². The molecule has 54 heavy (non-hydrogen) atoms. The third-order valence-electron chi connectivity index (χ3n) is 10.2. The van der Waals surface area contributed by atoms with E-state index in [1.807, 2.05) is 0 Å². The summed E-state index contributed by atoms with van der Waals surface area (Å²) in [5.41, 5.74) is 2.02. The monoisotopic (exact) mass is 754 g/mol. The number of nitro groups is 2. The first-order valence-electron chi connectivity index (χ1n) is 20.5. The Labute approximate surface area is 322 Å². The molecule has 2 aromatic rings. The van der Waals surface area contributed by atoms with Gasteiger partial charge in [0.05, 0.1) is 9.85 Å². The average molecular weight is 755 g/mol. The second kappa shape index (κ2) is 27.6. The smallest absolute Gasteiger partial charge is 0.419 e. The standard InChI is InChI=1S/C42H66N4O8/c1-5-9-11-13-15-17-31-43-39(29-23-33(7-3)35-19-25-37(26-20-35)45(49)50)53-41(47)42(48)54-40(44-32-18-16-14-12-10-6-2)30-24-34(8-4)36-21-27-38(28-22-36)46(51)52/h19-22,25-28,33-34,39-40,43-44H,5-18,23-24,29-32H2,1-4H3. The lowest BCUT2D eigenvalue weighted by Crippen LogP contribution is -2.41. The molecular formula is C42H66N4O8. The summed E-state index contributed by atoms with van der Waals surface area (Å²) in [6.45, 7) is 9.75. The third-order valence-corrected chi connectivity index (χ3v) is 10.2. The van der Waals surface area contributed by atoms with Gasteiger partial charge in [0.1, 0.15) is 0 Å². The minimum absolute atomic E-state index is 0.0378. The van der Waals surface area contributed by atoms with Gasteiger partial charge < -0.3 is 9.47 Å². The summed E-state index contributed by atoms with van der Waals surface area (Å²) in [7, 11) is 0. The van der Waals surface area contributed by atoms with Crippen molar-refractivity contribution in [3.05, 3.63) is 79.9 Å². The summed E-state index contributed by atoms with van der Waals surface area (Å²) in [4.78, 5) is 48.0. The first kappa shape index (κ1) is 46.3. The minimum atomic E-state index is -1.05. The van der Waals surface area contributed by atoms with Gasteiger partial charge in [0.15, 0.2) is 12.5 Å². The molecule has 302 valence electrons. The largest absolute Gasteiger partial charge is 0.438 e. The van der Waals surface area contributed by atoms with Crippen molar-refractivity contribution in [2.45, 2.75) is 168 Å². The van der Waals surface area contributed by atoms with Gasteiger partial charge in [0, 0.05) is 24.3 Å². The molecule has 2 N–H and O–H groups in total. The van der Waals surface area contributed by atoms with E-state index in [0.29, 0.717) is 38.8 Å². The zero-order chi connectivity index (χ0) is 39.6. The summed E-state index contributed by atoms with van der Waals surface area (Å²) >= 11 is 0. The Kier molecular flexibility index (Phi) is 23.7. The Bertz CT molecular complexity index is 1250. The number of ether oxygens (including phenoxy) is 2. The van der Waals surface area contributed by atoms with Crippen molar-refractivity contribution in [2.24, 2.45) is 0 Å². The molecule has 0 aliphatic heterocycles. The van der Waals surface area contributed by atoms with Crippen LogP contribution >= 0.6 is 0 Å². The molecule has 0 aliphatic carbocycles. The van der Waals surface area contributed by atoms with E-state index >= 15 is 0 Å². The number of unbranched alkanes of at least 4 members (excludes halogenated alkanes) is 10. The zero-order valence-electron chi connectivity index (χ0n) is 33.2. The Morgan fingerprint density at radius 3 is 1.19 bits per heavy atom. The summed E-state index contributed by atoms with van der Waals surface area (Å²) in [6, 6.07) is 13.1. The lowest BCUT2D eigenvalue weighted by atomic mass is 9.91. The molecule has 0 bridgehead atoms. The molecule has 0 heterocycles. The maximum Gasteiger partial charge on any atom is 0.419 e. The van der Waals surface area contributed by atoms with Crippen molar-refractivity contribution in [3.8, 4) is 0 Å². The molecule has 4 atom stereocenters. The van der Waals surface area contributed by atoms with Crippen LogP contribution in [-0.2, 0) is 19.1 Å². The first-order chi connectivity index (χ1) is 26.1. The van der Waals surface area contributed by atoms with E-state index in [2.05, 4.69) is 38.3 Å². The Morgan fingerprint density at radius 1 is 0.537 bits per heavy atom. The highest BCUT2D eigenvalue weighted by Crippen LogP contribution is 2.29. The molecule has 0 saturated carbocycles. The van der Waals surface area contributed by atoms with Gasteiger partial charge in [0.25, 0.3) is 11.4 Å². The highest BCUT2D eigenvalue weighted by Gasteiger charge is 2.27. The molecule has 0 radical (unpaired) electrons. The average Bonchev–Trinajstić information content (AvgIpc) is 3.17. The molecule has 4 unspecified atom stereocenters. The Balaban J connectivity index is 2.09. The topological polar surface area (TPSA) is 163 Å². The van der Waals surface area contributed by atoms with Gasteiger partial charge in [-0.25, -0.2) is 9.59 Å². The van der Waals surface area contributed by atoms with E-state index < -0.39 is 34.2 Å².